The Hall–Kier alpha value is -3.59. The predicted molar refractivity (Wildman–Crippen MR) is 124 cm³/mol. The second-order valence-electron chi connectivity index (χ2n) is 8.07. The lowest BCUT2D eigenvalue weighted by Gasteiger charge is -2.29. The molecule has 0 bridgehead atoms. The molecule has 4 aromatic rings. The predicted octanol–water partition coefficient (Wildman–Crippen LogP) is 3.76. The summed E-state index contributed by atoms with van der Waals surface area (Å²) in [4.78, 5) is 19.8. The molecule has 0 aromatic carbocycles. The van der Waals surface area contributed by atoms with Gasteiger partial charge in [0, 0.05) is 50.2 Å². The van der Waals surface area contributed by atoms with Gasteiger partial charge in [-0.2, -0.15) is 0 Å². The topological polar surface area (TPSA) is 83.8 Å². The fourth-order valence-corrected chi connectivity index (χ4v) is 3.98. The molecule has 1 fully saturated rings. The number of aromatic nitrogens is 5. The van der Waals surface area contributed by atoms with Crippen LogP contribution in [0.1, 0.15) is 19.9 Å². The molecule has 0 unspecified atom stereocenters. The van der Waals surface area contributed by atoms with Crippen molar-refractivity contribution in [3.8, 4) is 11.3 Å². The number of fused-ring (bicyclic) bond motifs is 1. The lowest BCUT2D eigenvalue weighted by molar-refractivity contribution is 0.589. The zero-order chi connectivity index (χ0) is 22.1. The number of halogens is 1. The van der Waals surface area contributed by atoms with E-state index in [1.54, 1.807) is 6.20 Å². The molecule has 1 saturated heterocycles. The van der Waals surface area contributed by atoms with Gasteiger partial charge in [-0.3, -0.25) is 4.98 Å². The van der Waals surface area contributed by atoms with Crippen molar-refractivity contribution in [3.63, 3.8) is 0 Å². The number of pyridine rings is 2. The summed E-state index contributed by atoms with van der Waals surface area (Å²) in [5.41, 5.74) is 3.58. The van der Waals surface area contributed by atoms with E-state index >= 15 is 0 Å². The Morgan fingerprint density at radius 2 is 1.91 bits per heavy atom. The smallest absolute Gasteiger partial charge is 0.229 e. The molecule has 5 heterocycles. The Bertz CT molecular complexity index is 1230. The number of hydrogen-bond acceptors (Lipinski definition) is 7. The highest BCUT2D eigenvalue weighted by Crippen LogP contribution is 2.32. The number of piperazine rings is 1. The molecule has 0 aliphatic carbocycles. The molecule has 1 aliphatic heterocycles. The normalized spacial score (nSPS) is 14.3. The highest BCUT2D eigenvalue weighted by Gasteiger charge is 2.18. The standard InChI is InChI=1S/C23H25FN8/c1-15(2)32-14-17(22-19(32)4-3-7-26-22)21-18(24)13-28-23(30-21)29-20-6-5-16(12-27-20)31-10-8-25-9-11-31/h3-7,12-15,25H,8-11H2,1-2H3,(H,27,28,29,30). The van der Waals surface area contributed by atoms with Crippen LogP contribution in [-0.4, -0.2) is 50.7 Å². The monoisotopic (exact) mass is 432 g/mol. The van der Waals surface area contributed by atoms with Crippen LogP contribution >= 0.6 is 0 Å². The molecule has 5 rings (SSSR count). The van der Waals surface area contributed by atoms with E-state index in [0.29, 0.717) is 16.9 Å². The third kappa shape index (κ3) is 3.87. The van der Waals surface area contributed by atoms with Crippen LogP contribution in [0.3, 0.4) is 0 Å². The van der Waals surface area contributed by atoms with Crippen LogP contribution in [0, 0.1) is 5.82 Å². The first-order valence-corrected chi connectivity index (χ1v) is 10.8. The number of anilines is 3. The van der Waals surface area contributed by atoms with Gasteiger partial charge in [0.2, 0.25) is 5.95 Å². The van der Waals surface area contributed by atoms with Crippen LogP contribution in [0.2, 0.25) is 0 Å². The van der Waals surface area contributed by atoms with Gasteiger partial charge in [0.25, 0.3) is 0 Å². The third-order valence-corrected chi connectivity index (χ3v) is 5.61. The van der Waals surface area contributed by atoms with Gasteiger partial charge < -0.3 is 20.1 Å². The molecule has 164 valence electrons. The second kappa shape index (κ2) is 8.51. The highest BCUT2D eigenvalue weighted by atomic mass is 19.1. The van der Waals surface area contributed by atoms with E-state index in [2.05, 4.69) is 53.9 Å². The third-order valence-electron chi connectivity index (χ3n) is 5.61. The summed E-state index contributed by atoms with van der Waals surface area (Å²) in [6.07, 6.45) is 6.62. The van der Waals surface area contributed by atoms with Crippen molar-refractivity contribution in [2.75, 3.05) is 36.4 Å². The lowest BCUT2D eigenvalue weighted by atomic mass is 10.2. The molecular weight excluding hydrogens is 407 g/mol. The maximum absolute atomic E-state index is 14.8. The Kier molecular flexibility index (Phi) is 5.40. The minimum absolute atomic E-state index is 0.205. The summed E-state index contributed by atoms with van der Waals surface area (Å²) in [6, 6.07) is 7.97. The average molecular weight is 433 g/mol. The van der Waals surface area contributed by atoms with Crippen LogP contribution in [0.5, 0.6) is 0 Å². The Balaban J connectivity index is 1.44. The number of hydrogen-bond donors (Lipinski definition) is 2. The molecule has 1 aliphatic rings. The fraction of sp³-hybridized carbons (Fsp3) is 0.304. The lowest BCUT2D eigenvalue weighted by Crippen LogP contribution is -2.43. The Morgan fingerprint density at radius 1 is 1.06 bits per heavy atom. The summed E-state index contributed by atoms with van der Waals surface area (Å²) in [6.45, 7) is 8.00. The SMILES string of the molecule is CC(C)n1cc(-c2nc(Nc3ccc(N4CCNCC4)cn3)ncc2F)c2ncccc21. The van der Waals surface area contributed by atoms with Crippen molar-refractivity contribution in [3.05, 3.63) is 54.9 Å². The highest BCUT2D eigenvalue weighted by molar-refractivity contribution is 5.92. The van der Waals surface area contributed by atoms with E-state index < -0.39 is 5.82 Å². The molecule has 0 atom stereocenters. The molecule has 0 saturated carbocycles. The van der Waals surface area contributed by atoms with E-state index in [0.717, 1.165) is 37.4 Å². The molecular formula is C23H25FN8. The van der Waals surface area contributed by atoms with Crippen LogP contribution in [0.25, 0.3) is 22.3 Å². The maximum Gasteiger partial charge on any atom is 0.229 e. The van der Waals surface area contributed by atoms with Gasteiger partial charge in [-0.25, -0.2) is 19.3 Å². The van der Waals surface area contributed by atoms with Crippen molar-refractivity contribution < 1.29 is 4.39 Å². The first kappa shape index (κ1) is 20.3. The molecule has 0 amide bonds. The minimum atomic E-state index is -0.494. The molecule has 0 spiro atoms. The number of rotatable bonds is 5. The quantitative estimate of drug-likeness (QED) is 0.497. The molecule has 9 heteroatoms. The summed E-state index contributed by atoms with van der Waals surface area (Å²) in [5, 5.41) is 6.43. The van der Waals surface area contributed by atoms with E-state index in [1.807, 2.05) is 36.7 Å². The van der Waals surface area contributed by atoms with Crippen LogP contribution < -0.4 is 15.5 Å². The minimum Gasteiger partial charge on any atom is -0.368 e. The zero-order valence-corrected chi connectivity index (χ0v) is 18.1. The van der Waals surface area contributed by atoms with Crippen LogP contribution in [0.15, 0.2) is 49.1 Å². The van der Waals surface area contributed by atoms with Crippen molar-refractivity contribution >= 4 is 28.5 Å². The number of nitrogens with zero attached hydrogens (tertiary/aromatic N) is 6. The van der Waals surface area contributed by atoms with Gasteiger partial charge in [0.15, 0.2) is 5.82 Å². The first-order valence-electron chi connectivity index (χ1n) is 10.8. The van der Waals surface area contributed by atoms with Crippen LogP contribution in [-0.2, 0) is 0 Å². The Morgan fingerprint density at radius 3 is 2.66 bits per heavy atom. The first-order chi connectivity index (χ1) is 15.6. The van der Waals surface area contributed by atoms with Gasteiger partial charge in [-0.05, 0) is 38.1 Å². The van der Waals surface area contributed by atoms with Crippen molar-refractivity contribution in [1.29, 1.82) is 0 Å². The fourth-order valence-electron chi connectivity index (χ4n) is 3.98. The zero-order valence-electron chi connectivity index (χ0n) is 18.1. The van der Waals surface area contributed by atoms with Crippen molar-refractivity contribution in [2.45, 2.75) is 19.9 Å². The van der Waals surface area contributed by atoms with Gasteiger partial charge in [-0.15, -0.1) is 0 Å². The van der Waals surface area contributed by atoms with Gasteiger partial charge >= 0.3 is 0 Å². The molecule has 2 N–H and O–H groups in total. The van der Waals surface area contributed by atoms with Crippen molar-refractivity contribution in [2.24, 2.45) is 0 Å². The van der Waals surface area contributed by atoms with Gasteiger partial charge in [-0.1, -0.05) is 0 Å². The maximum atomic E-state index is 14.8. The summed E-state index contributed by atoms with van der Waals surface area (Å²) < 4.78 is 16.8. The molecule has 0 radical (unpaired) electrons. The molecule has 8 nitrogen and oxygen atoms in total. The Labute approximate surface area is 185 Å². The van der Waals surface area contributed by atoms with E-state index in [-0.39, 0.29) is 17.7 Å². The van der Waals surface area contributed by atoms with Gasteiger partial charge in [0.1, 0.15) is 11.5 Å². The largest absolute Gasteiger partial charge is 0.368 e. The van der Waals surface area contributed by atoms with E-state index in [4.69, 9.17) is 0 Å². The molecule has 4 aromatic heterocycles. The van der Waals surface area contributed by atoms with E-state index in [9.17, 15) is 4.39 Å². The number of nitrogens with one attached hydrogen (secondary N) is 2. The summed E-state index contributed by atoms with van der Waals surface area (Å²) >= 11 is 0. The molecule has 32 heavy (non-hydrogen) atoms. The summed E-state index contributed by atoms with van der Waals surface area (Å²) in [5.74, 6) is 0.389. The van der Waals surface area contributed by atoms with E-state index in [1.165, 1.54) is 6.20 Å². The average Bonchev–Trinajstić information content (AvgIpc) is 3.21. The van der Waals surface area contributed by atoms with Crippen LogP contribution in [0.4, 0.5) is 21.8 Å². The van der Waals surface area contributed by atoms with Crippen molar-refractivity contribution in [1.82, 2.24) is 29.8 Å². The summed E-state index contributed by atoms with van der Waals surface area (Å²) in [7, 11) is 0. The van der Waals surface area contributed by atoms with Gasteiger partial charge in [0.05, 0.1) is 29.1 Å². The second-order valence-corrected chi connectivity index (χ2v) is 8.07.